The number of rotatable bonds is 5. The highest BCUT2D eigenvalue weighted by molar-refractivity contribution is 7.89. The monoisotopic (exact) mass is 314 g/mol. The molecule has 1 saturated heterocycles. The lowest BCUT2D eigenvalue weighted by Crippen LogP contribution is -2.27. The van der Waals surface area contributed by atoms with E-state index in [-0.39, 0.29) is 24.0 Å². The Labute approximate surface area is 123 Å². The first-order valence-corrected chi connectivity index (χ1v) is 8.08. The van der Waals surface area contributed by atoms with E-state index in [0.717, 1.165) is 0 Å². The molecule has 1 heterocycles. The Morgan fingerprint density at radius 2 is 1.81 bits per heavy atom. The molecule has 1 unspecified atom stereocenters. The molecule has 0 aliphatic carbocycles. The molecule has 116 valence electrons. The van der Waals surface area contributed by atoms with Crippen LogP contribution in [0.1, 0.15) is 6.42 Å². The van der Waals surface area contributed by atoms with Gasteiger partial charge in [-0.1, -0.05) is 0 Å². The van der Waals surface area contributed by atoms with Crippen molar-refractivity contribution in [3.05, 3.63) is 18.2 Å². The van der Waals surface area contributed by atoms with Gasteiger partial charge in [-0.05, 0) is 0 Å². The van der Waals surface area contributed by atoms with Crippen molar-refractivity contribution in [1.29, 1.82) is 0 Å². The Morgan fingerprint density at radius 3 is 2.29 bits per heavy atom. The zero-order valence-corrected chi connectivity index (χ0v) is 12.7. The van der Waals surface area contributed by atoms with Crippen molar-refractivity contribution in [2.24, 2.45) is 11.1 Å². The zero-order chi connectivity index (χ0) is 15.6. The van der Waals surface area contributed by atoms with E-state index < -0.39 is 10.0 Å². The molecular formula is C13H18N2O5S. The number of benzene rings is 1. The van der Waals surface area contributed by atoms with Crippen molar-refractivity contribution in [1.82, 2.24) is 0 Å². The normalized spacial score (nSPS) is 18.9. The summed E-state index contributed by atoms with van der Waals surface area (Å²) in [5.41, 5.74) is 0.619. The SMILES string of the molecule is COc1cc(OC)cc(N2CC(CS(N)(=O)=O)CC2=O)c1. The summed E-state index contributed by atoms with van der Waals surface area (Å²) in [5, 5.41) is 5.04. The number of carbonyl (C=O) groups is 1. The summed E-state index contributed by atoms with van der Waals surface area (Å²) < 4.78 is 32.6. The van der Waals surface area contributed by atoms with E-state index in [1.54, 1.807) is 18.2 Å². The molecule has 2 N–H and O–H groups in total. The van der Waals surface area contributed by atoms with Crippen LogP contribution in [0, 0.1) is 5.92 Å². The third-order valence-corrected chi connectivity index (χ3v) is 4.26. The second-order valence-electron chi connectivity index (χ2n) is 4.97. The molecule has 7 nitrogen and oxygen atoms in total. The number of methoxy groups -OCH3 is 2. The Kier molecular flexibility index (Phi) is 4.38. The maximum atomic E-state index is 12.1. The van der Waals surface area contributed by atoms with Gasteiger partial charge in [0.05, 0.1) is 25.7 Å². The van der Waals surface area contributed by atoms with E-state index in [1.165, 1.54) is 19.1 Å². The lowest BCUT2D eigenvalue weighted by Gasteiger charge is -2.18. The summed E-state index contributed by atoms with van der Waals surface area (Å²) in [6.07, 6.45) is 0.163. The molecule has 1 aromatic carbocycles. The van der Waals surface area contributed by atoms with Crippen molar-refractivity contribution in [3.8, 4) is 11.5 Å². The standard InChI is InChI=1S/C13H18N2O5S/c1-19-11-4-10(5-12(6-11)20-2)15-7-9(3-13(15)16)8-21(14,17)18/h4-6,9H,3,7-8H2,1-2H3,(H2,14,17,18). The van der Waals surface area contributed by atoms with E-state index in [0.29, 0.717) is 23.7 Å². The van der Waals surface area contributed by atoms with E-state index in [9.17, 15) is 13.2 Å². The molecule has 0 bridgehead atoms. The molecule has 0 spiro atoms. The zero-order valence-electron chi connectivity index (χ0n) is 11.9. The largest absolute Gasteiger partial charge is 0.497 e. The van der Waals surface area contributed by atoms with Gasteiger partial charge in [0.15, 0.2) is 0 Å². The Bertz CT molecular complexity index is 622. The topological polar surface area (TPSA) is 98.9 Å². The van der Waals surface area contributed by atoms with Crippen LogP contribution in [0.15, 0.2) is 18.2 Å². The summed E-state index contributed by atoms with van der Waals surface area (Å²) in [5.74, 6) is 0.485. The number of nitrogens with zero attached hydrogens (tertiary/aromatic N) is 1. The number of primary sulfonamides is 1. The number of carbonyl (C=O) groups excluding carboxylic acids is 1. The van der Waals surface area contributed by atoms with E-state index in [4.69, 9.17) is 14.6 Å². The fourth-order valence-electron chi connectivity index (χ4n) is 2.42. The molecule has 0 saturated carbocycles. The Hall–Kier alpha value is -1.80. The maximum absolute atomic E-state index is 12.1. The molecule has 2 rings (SSSR count). The average Bonchev–Trinajstić information content (AvgIpc) is 2.76. The van der Waals surface area contributed by atoms with Crippen molar-refractivity contribution < 1.29 is 22.7 Å². The minimum atomic E-state index is -3.59. The molecule has 0 radical (unpaired) electrons. The maximum Gasteiger partial charge on any atom is 0.227 e. The predicted octanol–water partition coefficient (Wildman–Crippen LogP) is 0.345. The van der Waals surface area contributed by atoms with Gasteiger partial charge in [-0.2, -0.15) is 0 Å². The van der Waals surface area contributed by atoms with Crippen LogP contribution < -0.4 is 19.5 Å². The van der Waals surface area contributed by atoms with Crippen LogP contribution in [0.4, 0.5) is 5.69 Å². The van der Waals surface area contributed by atoms with Crippen molar-refractivity contribution in [2.45, 2.75) is 6.42 Å². The summed E-state index contributed by atoms with van der Waals surface area (Å²) in [4.78, 5) is 13.6. The molecule has 1 aliphatic rings. The first-order valence-electron chi connectivity index (χ1n) is 6.36. The van der Waals surface area contributed by atoms with Crippen molar-refractivity contribution in [3.63, 3.8) is 0 Å². The number of ether oxygens (including phenoxy) is 2. The summed E-state index contributed by atoms with van der Waals surface area (Å²) >= 11 is 0. The van der Waals surface area contributed by atoms with E-state index in [1.807, 2.05) is 0 Å². The number of anilines is 1. The second kappa shape index (κ2) is 5.90. The lowest BCUT2D eigenvalue weighted by molar-refractivity contribution is -0.117. The van der Waals surface area contributed by atoms with E-state index >= 15 is 0 Å². The molecule has 1 amide bonds. The summed E-state index contributed by atoms with van der Waals surface area (Å²) in [6.45, 7) is 0.311. The van der Waals surface area contributed by atoms with Gasteiger partial charge < -0.3 is 14.4 Å². The quantitative estimate of drug-likeness (QED) is 0.845. The fourth-order valence-corrected chi connectivity index (χ4v) is 3.30. The van der Waals surface area contributed by atoms with E-state index in [2.05, 4.69) is 0 Å². The highest BCUT2D eigenvalue weighted by Crippen LogP contribution is 2.32. The molecule has 21 heavy (non-hydrogen) atoms. The minimum Gasteiger partial charge on any atom is -0.497 e. The molecule has 1 aliphatic heterocycles. The molecule has 1 atom stereocenters. The van der Waals surface area contributed by atoms with Crippen LogP contribution in [0.5, 0.6) is 11.5 Å². The summed E-state index contributed by atoms with van der Waals surface area (Å²) in [6, 6.07) is 5.12. The Balaban J connectivity index is 2.24. The summed E-state index contributed by atoms with van der Waals surface area (Å²) in [7, 11) is -0.547. The van der Waals surface area contributed by atoms with Crippen molar-refractivity contribution in [2.75, 3.05) is 31.4 Å². The van der Waals surface area contributed by atoms with Gasteiger partial charge in [0, 0.05) is 37.1 Å². The van der Waals surface area contributed by atoms with Gasteiger partial charge in [-0.25, -0.2) is 13.6 Å². The number of amides is 1. The van der Waals surface area contributed by atoms with Crippen LogP contribution in [-0.4, -0.2) is 40.8 Å². The smallest absolute Gasteiger partial charge is 0.227 e. The molecule has 1 fully saturated rings. The number of hydrogen-bond acceptors (Lipinski definition) is 5. The Morgan fingerprint density at radius 1 is 1.24 bits per heavy atom. The first kappa shape index (κ1) is 15.6. The van der Waals surface area contributed by atoms with Crippen LogP contribution in [-0.2, 0) is 14.8 Å². The molecule has 1 aromatic rings. The number of nitrogens with two attached hydrogens (primary N) is 1. The molecular weight excluding hydrogens is 296 g/mol. The van der Waals surface area contributed by atoms with Crippen LogP contribution in [0.2, 0.25) is 0 Å². The first-order chi connectivity index (χ1) is 9.82. The second-order valence-corrected chi connectivity index (χ2v) is 6.63. The van der Waals surface area contributed by atoms with Gasteiger partial charge in [0.2, 0.25) is 15.9 Å². The third-order valence-electron chi connectivity index (χ3n) is 3.32. The highest BCUT2D eigenvalue weighted by Gasteiger charge is 2.33. The fraction of sp³-hybridized carbons (Fsp3) is 0.462. The van der Waals surface area contributed by atoms with Crippen LogP contribution in [0.25, 0.3) is 0 Å². The number of sulfonamides is 1. The molecule has 8 heteroatoms. The lowest BCUT2D eigenvalue weighted by atomic mass is 10.1. The van der Waals surface area contributed by atoms with Gasteiger partial charge in [0.1, 0.15) is 11.5 Å². The third kappa shape index (κ3) is 3.85. The average molecular weight is 314 g/mol. The van der Waals surface area contributed by atoms with Gasteiger partial charge in [-0.3, -0.25) is 4.79 Å². The van der Waals surface area contributed by atoms with Crippen LogP contribution in [0.3, 0.4) is 0 Å². The van der Waals surface area contributed by atoms with Gasteiger partial charge in [-0.15, -0.1) is 0 Å². The molecule has 0 aromatic heterocycles. The highest BCUT2D eigenvalue weighted by atomic mass is 32.2. The van der Waals surface area contributed by atoms with Crippen molar-refractivity contribution >= 4 is 21.6 Å². The predicted molar refractivity (Wildman–Crippen MR) is 78.0 cm³/mol. The van der Waals surface area contributed by atoms with Gasteiger partial charge >= 0.3 is 0 Å². The van der Waals surface area contributed by atoms with Gasteiger partial charge in [0.25, 0.3) is 0 Å². The van der Waals surface area contributed by atoms with Crippen LogP contribution >= 0.6 is 0 Å². The number of hydrogen-bond donors (Lipinski definition) is 1. The minimum absolute atomic E-state index is 0.140.